The maximum atomic E-state index is 12.4. The first-order chi connectivity index (χ1) is 14.9. The fourth-order valence-electron chi connectivity index (χ4n) is 3.09. The van der Waals surface area contributed by atoms with Gasteiger partial charge >= 0.3 is 0 Å². The lowest BCUT2D eigenvalue weighted by Crippen LogP contribution is -2.15. The summed E-state index contributed by atoms with van der Waals surface area (Å²) in [6.07, 6.45) is 1.49. The van der Waals surface area contributed by atoms with E-state index in [1.165, 1.54) is 17.3 Å². The van der Waals surface area contributed by atoms with Crippen LogP contribution in [-0.2, 0) is 11.3 Å². The van der Waals surface area contributed by atoms with Gasteiger partial charge in [-0.25, -0.2) is 0 Å². The van der Waals surface area contributed by atoms with Crippen LogP contribution in [0.15, 0.2) is 60.3 Å². The number of ether oxygens (including phenoxy) is 1. The molecule has 1 atom stereocenters. The molecule has 0 saturated carbocycles. The Balaban J connectivity index is 1.68. The van der Waals surface area contributed by atoms with E-state index in [1.54, 1.807) is 6.08 Å². The SMILES string of the molecule is C=CCn1c(SCC(=O)Nc2ccc(C)c(C)c2)nnc1C(C)Oc1ccccc1C. The van der Waals surface area contributed by atoms with E-state index in [-0.39, 0.29) is 17.8 Å². The van der Waals surface area contributed by atoms with Crippen LogP contribution in [0.25, 0.3) is 0 Å². The predicted molar refractivity (Wildman–Crippen MR) is 126 cm³/mol. The van der Waals surface area contributed by atoms with Crippen LogP contribution in [0.1, 0.15) is 35.5 Å². The minimum atomic E-state index is -0.299. The van der Waals surface area contributed by atoms with Crippen molar-refractivity contribution < 1.29 is 9.53 Å². The summed E-state index contributed by atoms with van der Waals surface area (Å²) in [6, 6.07) is 13.7. The van der Waals surface area contributed by atoms with Crippen LogP contribution < -0.4 is 10.1 Å². The highest BCUT2D eigenvalue weighted by molar-refractivity contribution is 7.99. The van der Waals surface area contributed by atoms with Crippen molar-refractivity contribution in [2.45, 2.75) is 45.5 Å². The molecule has 2 aromatic carbocycles. The van der Waals surface area contributed by atoms with E-state index in [2.05, 4.69) is 22.1 Å². The molecule has 0 spiro atoms. The maximum absolute atomic E-state index is 12.4. The van der Waals surface area contributed by atoms with Crippen molar-refractivity contribution in [2.24, 2.45) is 0 Å². The summed E-state index contributed by atoms with van der Waals surface area (Å²) in [5.74, 6) is 1.65. The van der Waals surface area contributed by atoms with Gasteiger partial charge < -0.3 is 10.1 Å². The summed E-state index contributed by atoms with van der Waals surface area (Å²) in [5.41, 5.74) is 4.19. The molecule has 0 aliphatic heterocycles. The Hall–Kier alpha value is -3.06. The van der Waals surface area contributed by atoms with Crippen LogP contribution in [0.2, 0.25) is 0 Å². The molecule has 1 aromatic heterocycles. The lowest BCUT2D eigenvalue weighted by molar-refractivity contribution is -0.113. The molecule has 0 radical (unpaired) electrons. The molecule has 31 heavy (non-hydrogen) atoms. The highest BCUT2D eigenvalue weighted by atomic mass is 32.2. The van der Waals surface area contributed by atoms with Gasteiger partial charge in [-0.05, 0) is 62.6 Å². The monoisotopic (exact) mass is 436 g/mol. The fraction of sp³-hybridized carbons (Fsp3) is 0.292. The highest BCUT2D eigenvalue weighted by Gasteiger charge is 2.20. The number of carbonyl (C=O) groups is 1. The van der Waals surface area contributed by atoms with Gasteiger partial charge in [0.15, 0.2) is 17.1 Å². The van der Waals surface area contributed by atoms with Crippen molar-refractivity contribution in [1.82, 2.24) is 14.8 Å². The predicted octanol–water partition coefficient (Wildman–Crippen LogP) is 5.26. The smallest absolute Gasteiger partial charge is 0.234 e. The van der Waals surface area contributed by atoms with E-state index in [1.807, 2.05) is 74.7 Å². The second kappa shape index (κ2) is 10.3. The van der Waals surface area contributed by atoms with Crippen molar-refractivity contribution in [1.29, 1.82) is 0 Å². The summed E-state index contributed by atoms with van der Waals surface area (Å²) in [4.78, 5) is 12.4. The molecule has 0 aliphatic carbocycles. The van der Waals surface area contributed by atoms with Crippen molar-refractivity contribution >= 4 is 23.4 Å². The minimum absolute atomic E-state index is 0.0906. The molecule has 0 aliphatic rings. The number of benzene rings is 2. The molecular weight excluding hydrogens is 408 g/mol. The molecule has 3 rings (SSSR count). The number of anilines is 1. The summed E-state index contributed by atoms with van der Waals surface area (Å²) >= 11 is 1.34. The Morgan fingerprint density at radius 1 is 1.16 bits per heavy atom. The number of amides is 1. The summed E-state index contributed by atoms with van der Waals surface area (Å²) in [5, 5.41) is 12.2. The Bertz CT molecular complexity index is 1080. The first kappa shape index (κ1) is 22.6. The molecule has 1 unspecified atom stereocenters. The Kier molecular flexibility index (Phi) is 7.52. The molecule has 0 fully saturated rings. The lowest BCUT2D eigenvalue weighted by atomic mass is 10.1. The summed E-state index contributed by atoms with van der Waals surface area (Å²) in [6.45, 7) is 12.4. The van der Waals surface area contributed by atoms with Gasteiger partial charge in [-0.1, -0.05) is 42.1 Å². The number of nitrogens with one attached hydrogen (secondary N) is 1. The third-order valence-electron chi connectivity index (χ3n) is 4.94. The number of aryl methyl sites for hydroxylation is 3. The Labute approximate surface area is 187 Å². The number of allylic oxidation sites excluding steroid dienone is 1. The fourth-order valence-corrected chi connectivity index (χ4v) is 3.84. The van der Waals surface area contributed by atoms with Gasteiger partial charge in [0, 0.05) is 12.2 Å². The highest BCUT2D eigenvalue weighted by Crippen LogP contribution is 2.26. The van der Waals surface area contributed by atoms with E-state index in [0.717, 1.165) is 22.6 Å². The van der Waals surface area contributed by atoms with Crippen LogP contribution in [0, 0.1) is 20.8 Å². The van der Waals surface area contributed by atoms with Crippen LogP contribution >= 0.6 is 11.8 Å². The lowest BCUT2D eigenvalue weighted by Gasteiger charge is -2.17. The minimum Gasteiger partial charge on any atom is -0.482 e. The van der Waals surface area contributed by atoms with Gasteiger partial charge in [0.05, 0.1) is 5.75 Å². The number of nitrogens with zero attached hydrogens (tertiary/aromatic N) is 3. The second-order valence-corrected chi connectivity index (χ2v) is 8.34. The van der Waals surface area contributed by atoms with Crippen molar-refractivity contribution in [3.8, 4) is 5.75 Å². The molecule has 0 bridgehead atoms. The van der Waals surface area contributed by atoms with Crippen molar-refractivity contribution in [3.63, 3.8) is 0 Å². The quantitative estimate of drug-likeness (QED) is 0.366. The molecule has 6 nitrogen and oxygen atoms in total. The van der Waals surface area contributed by atoms with Crippen molar-refractivity contribution in [2.75, 3.05) is 11.1 Å². The number of carbonyl (C=O) groups excluding carboxylic acids is 1. The van der Waals surface area contributed by atoms with Crippen LogP contribution in [0.3, 0.4) is 0 Å². The number of hydrogen-bond acceptors (Lipinski definition) is 5. The second-order valence-electron chi connectivity index (χ2n) is 7.40. The summed E-state index contributed by atoms with van der Waals surface area (Å²) in [7, 11) is 0. The number of aromatic nitrogens is 3. The van der Waals surface area contributed by atoms with Gasteiger partial charge in [-0.2, -0.15) is 0 Å². The molecule has 3 aromatic rings. The van der Waals surface area contributed by atoms with E-state index in [0.29, 0.717) is 17.5 Å². The third-order valence-corrected chi connectivity index (χ3v) is 5.91. The first-order valence-electron chi connectivity index (χ1n) is 10.1. The average Bonchev–Trinajstić information content (AvgIpc) is 3.14. The zero-order valence-electron chi connectivity index (χ0n) is 18.4. The van der Waals surface area contributed by atoms with Gasteiger partial charge in [-0.15, -0.1) is 16.8 Å². The topological polar surface area (TPSA) is 69.0 Å². The Morgan fingerprint density at radius 3 is 2.65 bits per heavy atom. The van der Waals surface area contributed by atoms with E-state index >= 15 is 0 Å². The number of rotatable bonds is 9. The van der Waals surface area contributed by atoms with Gasteiger partial charge in [0.2, 0.25) is 5.91 Å². The third kappa shape index (κ3) is 5.76. The van der Waals surface area contributed by atoms with Gasteiger partial charge in [0.25, 0.3) is 0 Å². The van der Waals surface area contributed by atoms with Crippen LogP contribution in [0.4, 0.5) is 5.69 Å². The molecule has 1 heterocycles. The number of para-hydroxylation sites is 1. The standard InChI is InChI=1S/C24H28N4O2S/c1-6-13-28-23(19(5)30-21-10-8-7-9-17(21)3)26-27-24(28)31-15-22(29)25-20-12-11-16(2)18(4)14-20/h6-12,14,19H,1,13,15H2,2-5H3,(H,25,29). The molecule has 1 amide bonds. The zero-order chi connectivity index (χ0) is 22.4. The van der Waals surface area contributed by atoms with Crippen LogP contribution in [-0.4, -0.2) is 26.4 Å². The summed E-state index contributed by atoms with van der Waals surface area (Å²) < 4.78 is 8.05. The van der Waals surface area contributed by atoms with E-state index in [9.17, 15) is 4.79 Å². The molecular formula is C24H28N4O2S. The molecule has 7 heteroatoms. The van der Waals surface area contributed by atoms with Crippen molar-refractivity contribution in [3.05, 3.63) is 77.6 Å². The van der Waals surface area contributed by atoms with Gasteiger partial charge in [-0.3, -0.25) is 9.36 Å². The average molecular weight is 437 g/mol. The largest absolute Gasteiger partial charge is 0.482 e. The Morgan fingerprint density at radius 2 is 1.94 bits per heavy atom. The van der Waals surface area contributed by atoms with E-state index in [4.69, 9.17) is 4.74 Å². The van der Waals surface area contributed by atoms with Gasteiger partial charge in [0.1, 0.15) is 5.75 Å². The molecule has 162 valence electrons. The van der Waals surface area contributed by atoms with E-state index < -0.39 is 0 Å². The molecule has 1 N–H and O–H groups in total. The maximum Gasteiger partial charge on any atom is 0.234 e. The number of hydrogen-bond donors (Lipinski definition) is 1. The normalized spacial score (nSPS) is 11.7. The first-order valence-corrected chi connectivity index (χ1v) is 11.1. The molecule has 0 saturated heterocycles. The number of thioether (sulfide) groups is 1. The zero-order valence-corrected chi connectivity index (χ0v) is 19.2. The van der Waals surface area contributed by atoms with Crippen LogP contribution in [0.5, 0.6) is 5.75 Å².